The van der Waals surface area contributed by atoms with Crippen molar-refractivity contribution >= 4 is 34.3 Å². The lowest BCUT2D eigenvalue weighted by molar-refractivity contribution is -0.150. The molecule has 0 radical (unpaired) electrons. The van der Waals surface area contributed by atoms with Crippen LogP contribution in [0, 0.1) is 11.7 Å². The standard InChI is InChI=1S/C23H22FN3O4S/c1-14(2)20(27-21(29)16-8-10-17(24)11-9-16)22(30)31-12-19(28)26-23-25-18(13-32-23)15-6-4-3-5-7-15/h3-11,13-14,20H,12H2,1-2H3,(H,27,29)(H,25,26,28)/t20-/m0/s1. The molecule has 0 saturated carbocycles. The Labute approximate surface area is 188 Å². The number of nitrogens with zero attached hydrogens (tertiary/aromatic N) is 1. The van der Waals surface area contributed by atoms with Crippen LogP contribution in [0.15, 0.2) is 60.0 Å². The van der Waals surface area contributed by atoms with Gasteiger partial charge in [-0.15, -0.1) is 11.3 Å². The topological polar surface area (TPSA) is 97.4 Å². The number of ether oxygens (including phenoxy) is 1. The minimum absolute atomic E-state index is 0.209. The fourth-order valence-electron chi connectivity index (χ4n) is 2.78. The number of anilines is 1. The molecule has 7 nitrogen and oxygen atoms in total. The normalized spacial score (nSPS) is 11.6. The molecule has 3 rings (SSSR count). The molecule has 32 heavy (non-hydrogen) atoms. The maximum absolute atomic E-state index is 13.0. The van der Waals surface area contributed by atoms with E-state index in [1.165, 1.54) is 23.5 Å². The second-order valence-electron chi connectivity index (χ2n) is 7.26. The van der Waals surface area contributed by atoms with Crippen molar-refractivity contribution in [1.82, 2.24) is 10.3 Å². The summed E-state index contributed by atoms with van der Waals surface area (Å²) in [6.07, 6.45) is 0. The first-order valence-corrected chi connectivity index (χ1v) is 10.8. The zero-order valence-corrected chi connectivity index (χ0v) is 18.3. The number of halogens is 1. The molecule has 3 aromatic rings. The lowest BCUT2D eigenvalue weighted by atomic mass is 10.0. The minimum atomic E-state index is -0.968. The van der Waals surface area contributed by atoms with Gasteiger partial charge in [0.1, 0.15) is 11.9 Å². The van der Waals surface area contributed by atoms with E-state index in [0.29, 0.717) is 5.13 Å². The van der Waals surface area contributed by atoms with Gasteiger partial charge in [-0.3, -0.25) is 14.9 Å². The average Bonchev–Trinajstić information content (AvgIpc) is 3.25. The first kappa shape index (κ1) is 23.1. The molecule has 1 atom stereocenters. The minimum Gasteiger partial charge on any atom is -0.454 e. The van der Waals surface area contributed by atoms with Crippen molar-refractivity contribution < 1.29 is 23.5 Å². The van der Waals surface area contributed by atoms with Crippen molar-refractivity contribution in [2.75, 3.05) is 11.9 Å². The highest BCUT2D eigenvalue weighted by Gasteiger charge is 2.27. The molecule has 0 spiro atoms. The Kier molecular flexibility index (Phi) is 7.67. The van der Waals surface area contributed by atoms with E-state index in [1.54, 1.807) is 13.8 Å². The van der Waals surface area contributed by atoms with E-state index in [1.807, 2.05) is 35.7 Å². The van der Waals surface area contributed by atoms with E-state index in [9.17, 15) is 18.8 Å². The predicted molar refractivity (Wildman–Crippen MR) is 120 cm³/mol. The Balaban J connectivity index is 1.53. The van der Waals surface area contributed by atoms with Gasteiger partial charge in [0.05, 0.1) is 5.69 Å². The van der Waals surface area contributed by atoms with E-state index in [4.69, 9.17) is 4.74 Å². The molecule has 0 aliphatic carbocycles. The fraction of sp³-hybridized carbons (Fsp3) is 0.217. The van der Waals surface area contributed by atoms with Crippen LogP contribution in [0.4, 0.5) is 9.52 Å². The summed E-state index contributed by atoms with van der Waals surface area (Å²) in [6, 6.07) is 13.5. The van der Waals surface area contributed by atoms with Gasteiger partial charge in [0.15, 0.2) is 11.7 Å². The van der Waals surface area contributed by atoms with Crippen molar-refractivity contribution in [3.8, 4) is 11.3 Å². The van der Waals surface area contributed by atoms with Gasteiger partial charge in [0.25, 0.3) is 11.8 Å². The van der Waals surface area contributed by atoms with Crippen molar-refractivity contribution in [3.05, 3.63) is 71.4 Å². The Bertz CT molecular complexity index is 1080. The van der Waals surface area contributed by atoms with Crippen molar-refractivity contribution in [1.29, 1.82) is 0 Å². The summed E-state index contributed by atoms with van der Waals surface area (Å²) in [5.41, 5.74) is 1.86. The molecule has 9 heteroatoms. The molecule has 1 heterocycles. The Morgan fingerprint density at radius 3 is 2.41 bits per heavy atom. The van der Waals surface area contributed by atoms with Gasteiger partial charge in [0.2, 0.25) is 0 Å². The largest absolute Gasteiger partial charge is 0.454 e. The molecular weight excluding hydrogens is 433 g/mol. The zero-order chi connectivity index (χ0) is 23.1. The van der Waals surface area contributed by atoms with E-state index < -0.39 is 36.2 Å². The summed E-state index contributed by atoms with van der Waals surface area (Å²) in [4.78, 5) is 41.3. The van der Waals surface area contributed by atoms with Gasteiger partial charge < -0.3 is 10.1 Å². The van der Waals surface area contributed by atoms with Crippen LogP contribution in [-0.4, -0.2) is 35.4 Å². The SMILES string of the molecule is CC(C)[C@H](NC(=O)c1ccc(F)cc1)C(=O)OCC(=O)Nc1nc(-c2ccccc2)cs1. The highest BCUT2D eigenvalue weighted by molar-refractivity contribution is 7.14. The van der Waals surface area contributed by atoms with Crippen molar-refractivity contribution in [3.63, 3.8) is 0 Å². The van der Waals surface area contributed by atoms with E-state index in [-0.39, 0.29) is 11.5 Å². The molecule has 2 aromatic carbocycles. The first-order valence-electron chi connectivity index (χ1n) is 9.87. The number of nitrogens with one attached hydrogen (secondary N) is 2. The number of hydrogen-bond acceptors (Lipinski definition) is 6. The predicted octanol–water partition coefficient (Wildman–Crippen LogP) is 3.89. The van der Waals surface area contributed by atoms with E-state index in [0.717, 1.165) is 23.4 Å². The Morgan fingerprint density at radius 1 is 1.06 bits per heavy atom. The summed E-state index contributed by atoms with van der Waals surface area (Å²) >= 11 is 1.26. The average molecular weight is 456 g/mol. The van der Waals surface area contributed by atoms with Gasteiger partial charge in [0, 0.05) is 16.5 Å². The molecule has 166 valence electrons. The van der Waals surface area contributed by atoms with Gasteiger partial charge in [-0.25, -0.2) is 14.2 Å². The molecule has 0 saturated heterocycles. The quantitative estimate of drug-likeness (QED) is 0.503. The summed E-state index contributed by atoms with van der Waals surface area (Å²) in [6.45, 7) is 2.95. The van der Waals surface area contributed by atoms with Gasteiger partial charge >= 0.3 is 5.97 Å². The Hall–Kier alpha value is -3.59. The second kappa shape index (κ2) is 10.6. The van der Waals surface area contributed by atoms with Crippen LogP contribution < -0.4 is 10.6 Å². The van der Waals surface area contributed by atoms with Crippen LogP contribution in [0.1, 0.15) is 24.2 Å². The van der Waals surface area contributed by atoms with Crippen molar-refractivity contribution in [2.24, 2.45) is 5.92 Å². The van der Waals surface area contributed by atoms with Crippen LogP contribution >= 0.6 is 11.3 Å². The molecule has 0 aliphatic heterocycles. The third-order valence-corrected chi connectivity index (χ3v) is 5.24. The van der Waals surface area contributed by atoms with Gasteiger partial charge in [-0.05, 0) is 30.2 Å². The number of aromatic nitrogens is 1. The van der Waals surface area contributed by atoms with Crippen LogP contribution in [0.25, 0.3) is 11.3 Å². The van der Waals surface area contributed by atoms with Crippen LogP contribution in [0.3, 0.4) is 0 Å². The summed E-state index contributed by atoms with van der Waals surface area (Å²) in [5, 5.41) is 7.37. The fourth-order valence-corrected chi connectivity index (χ4v) is 3.51. The Morgan fingerprint density at radius 2 is 1.75 bits per heavy atom. The summed E-state index contributed by atoms with van der Waals surface area (Å²) in [7, 11) is 0. The maximum Gasteiger partial charge on any atom is 0.329 e. The van der Waals surface area contributed by atoms with Crippen LogP contribution in [0.2, 0.25) is 0 Å². The highest BCUT2D eigenvalue weighted by Crippen LogP contribution is 2.24. The molecule has 1 aromatic heterocycles. The number of rotatable bonds is 8. The summed E-state index contributed by atoms with van der Waals surface area (Å²) in [5.74, 6) is -2.58. The number of hydrogen-bond donors (Lipinski definition) is 2. The molecule has 2 amide bonds. The third-order valence-electron chi connectivity index (χ3n) is 4.48. The number of carbonyl (C=O) groups excluding carboxylic acids is 3. The smallest absolute Gasteiger partial charge is 0.329 e. The number of benzene rings is 2. The molecule has 0 unspecified atom stereocenters. The molecule has 0 bridgehead atoms. The number of carbonyl (C=O) groups is 3. The zero-order valence-electron chi connectivity index (χ0n) is 17.5. The highest BCUT2D eigenvalue weighted by atomic mass is 32.1. The van der Waals surface area contributed by atoms with Crippen molar-refractivity contribution in [2.45, 2.75) is 19.9 Å². The molecular formula is C23H22FN3O4S. The van der Waals surface area contributed by atoms with E-state index in [2.05, 4.69) is 15.6 Å². The number of thiazole rings is 1. The molecule has 2 N–H and O–H groups in total. The van der Waals surface area contributed by atoms with Crippen LogP contribution in [0.5, 0.6) is 0 Å². The maximum atomic E-state index is 13.0. The lowest BCUT2D eigenvalue weighted by Gasteiger charge is -2.20. The number of amides is 2. The molecule has 0 aliphatic rings. The third kappa shape index (κ3) is 6.21. The van der Waals surface area contributed by atoms with Gasteiger partial charge in [-0.1, -0.05) is 44.2 Å². The second-order valence-corrected chi connectivity index (χ2v) is 8.12. The monoisotopic (exact) mass is 455 g/mol. The van der Waals surface area contributed by atoms with Crippen LogP contribution in [-0.2, 0) is 14.3 Å². The summed E-state index contributed by atoms with van der Waals surface area (Å²) < 4.78 is 18.1. The van der Waals surface area contributed by atoms with E-state index >= 15 is 0 Å². The lowest BCUT2D eigenvalue weighted by Crippen LogP contribution is -2.45. The van der Waals surface area contributed by atoms with Gasteiger partial charge in [-0.2, -0.15) is 0 Å². The molecule has 0 fully saturated rings. The number of esters is 1. The first-order chi connectivity index (χ1) is 15.3.